The highest BCUT2D eigenvalue weighted by atomic mass is 16.3. The van der Waals surface area contributed by atoms with Crippen molar-refractivity contribution in [1.29, 1.82) is 0 Å². The van der Waals surface area contributed by atoms with Gasteiger partial charge in [-0.25, -0.2) is 0 Å². The third-order valence-corrected chi connectivity index (χ3v) is 3.92. The average molecular weight is 226 g/mol. The number of aliphatic hydroxyl groups excluding tert-OH is 1. The Morgan fingerprint density at radius 2 is 2.06 bits per heavy atom. The van der Waals surface area contributed by atoms with Gasteiger partial charge in [0, 0.05) is 31.6 Å². The predicted molar refractivity (Wildman–Crippen MR) is 62.1 cm³/mol. The fourth-order valence-electron chi connectivity index (χ4n) is 2.84. The highest BCUT2D eigenvalue weighted by Gasteiger charge is 2.32. The van der Waals surface area contributed by atoms with Crippen molar-refractivity contribution in [1.82, 2.24) is 10.2 Å². The molecule has 0 aromatic carbocycles. The lowest BCUT2D eigenvalue weighted by Crippen LogP contribution is -2.48. The molecule has 4 heteroatoms. The van der Waals surface area contributed by atoms with Crippen LogP contribution in [0.5, 0.6) is 0 Å². The SMILES string of the molecule is O=C1CCCN1CCNC1(CO)CCCC1. The molecule has 1 saturated heterocycles. The van der Waals surface area contributed by atoms with Gasteiger partial charge in [0.1, 0.15) is 0 Å². The van der Waals surface area contributed by atoms with Gasteiger partial charge >= 0.3 is 0 Å². The van der Waals surface area contributed by atoms with Crippen LogP contribution in [-0.2, 0) is 4.79 Å². The molecule has 2 fully saturated rings. The Morgan fingerprint density at radius 3 is 2.62 bits per heavy atom. The standard InChI is InChI=1S/C12H22N2O2/c15-10-12(5-1-2-6-12)13-7-9-14-8-3-4-11(14)16/h13,15H,1-10H2. The van der Waals surface area contributed by atoms with E-state index in [2.05, 4.69) is 5.32 Å². The number of carbonyl (C=O) groups is 1. The van der Waals surface area contributed by atoms with Gasteiger partial charge in [0.15, 0.2) is 0 Å². The number of amides is 1. The average Bonchev–Trinajstić information content (AvgIpc) is 2.90. The van der Waals surface area contributed by atoms with E-state index in [1.54, 1.807) is 0 Å². The van der Waals surface area contributed by atoms with Gasteiger partial charge in [-0.05, 0) is 19.3 Å². The van der Waals surface area contributed by atoms with Gasteiger partial charge in [0.2, 0.25) is 5.91 Å². The van der Waals surface area contributed by atoms with Crippen molar-refractivity contribution in [2.45, 2.75) is 44.1 Å². The van der Waals surface area contributed by atoms with Crippen LogP contribution in [0.4, 0.5) is 0 Å². The summed E-state index contributed by atoms with van der Waals surface area (Å²) in [4.78, 5) is 13.3. The molecule has 0 aromatic heterocycles. The summed E-state index contributed by atoms with van der Waals surface area (Å²) >= 11 is 0. The van der Waals surface area contributed by atoms with E-state index in [-0.39, 0.29) is 18.1 Å². The van der Waals surface area contributed by atoms with E-state index in [4.69, 9.17) is 0 Å². The number of hydrogen-bond acceptors (Lipinski definition) is 3. The number of rotatable bonds is 5. The zero-order valence-electron chi connectivity index (χ0n) is 9.87. The van der Waals surface area contributed by atoms with E-state index >= 15 is 0 Å². The third-order valence-electron chi connectivity index (χ3n) is 3.92. The molecule has 1 saturated carbocycles. The first-order valence-electron chi connectivity index (χ1n) is 6.39. The van der Waals surface area contributed by atoms with Crippen LogP contribution in [0.25, 0.3) is 0 Å². The summed E-state index contributed by atoms with van der Waals surface area (Å²) < 4.78 is 0. The lowest BCUT2D eigenvalue weighted by molar-refractivity contribution is -0.127. The van der Waals surface area contributed by atoms with Crippen molar-refractivity contribution in [2.24, 2.45) is 0 Å². The first-order valence-corrected chi connectivity index (χ1v) is 6.39. The quantitative estimate of drug-likeness (QED) is 0.718. The first-order chi connectivity index (χ1) is 7.76. The monoisotopic (exact) mass is 226 g/mol. The Labute approximate surface area is 97.0 Å². The number of likely N-dealkylation sites (tertiary alicyclic amines) is 1. The predicted octanol–water partition coefficient (Wildman–Crippen LogP) is 0.503. The molecule has 0 radical (unpaired) electrons. The topological polar surface area (TPSA) is 52.6 Å². The molecule has 1 heterocycles. The molecule has 92 valence electrons. The van der Waals surface area contributed by atoms with Crippen molar-refractivity contribution < 1.29 is 9.90 Å². The first kappa shape index (κ1) is 11.9. The summed E-state index contributed by atoms with van der Waals surface area (Å²) in [5.74, 6) is 0.284. The minimum Gasteiger partial charge on any atom is -0.394 e. The van der Waals surface area contributed by atoms with Gasteiger partial charge in [-0.3, -0.25) is 4.79 Å². The van der Waals surface area contributed by atoms with Crippen molar-refractivity contribution in [3.63, 3.8) is 0 Å². The highest BCUT2D eigenvalue weighted by Crippen LogP contribution is 2.28. The van der Waals surface area contributed by atoms with Gasteiger partial charge in [0.05, 0.1) is 6.61 Å². The molecule has 0 bridgehead atoms. The van der Waals surface area contributed by atoms with Crippen LogP contribution >= 0.6 is 0 Å². The number of aliphatic hydroxyl groups is 1. The molecular weight excluding hydrogens is 204 g/mol. The summed E-state index contributed by atoms with van der Waals surface area (Å²) in [6, 6.07) is 0. The second-order valence-electron chi connectivity index (χ2n) is 5.06. The van der Waals surface area contributed by atoms with Crippen LogP contribution in [0.1, 0.15) is 38.5 Å². The Hall–Kier alpha value is -0.610. The second kappa shape index (κ2) is 5.15. The van der Waals surface area contributed by atoms with Crippen LogP contribution < -0.4 is 5.32 Å². The van der Waals surface area contributed by atoms with Crippen molar-refractivity contribution in [3.05, 3.63) is 0 Å². The zero-order valence-corrected chi connectivity index (χ0v) is 9.87. The molecule has 16 heavy (non-hydrogen) atoms. The van der Waals surface area contributed by atoms with Crippen LogP contribution in [0, 0.1) is 0 Å². The Balaban J connectivity index is 1.72. The molecule has 0 aromatic rings. The maximum absolute atomic E-state index is 11.4. The molecule has 2 N–H and O–H groups in total. The third kappa shape index (κ3) is 2.55. The summed E-state index contributed by atoms with van der Waals surface area (Å²) in [5, 5.41) is 12.9. The minimum absolute atomic E-state index is 0.0528. The normalized spacial score (nSPS) is 24.3. The molecular formula is C12H22N2O2. The highest BCUT2D eigenvalue weighted by molar-refractivity contribution is 5.78. The second-order valence-corrected chi connectivity index (χ2v) is 5.06. The van der Waals surface area contributed by atoms with Gasteiger partial charge in [-0.15, -0.1) is 0 Å². The fraction of sp³-hybridized carbons (Fsp3) is 0.917. The molecule has 2 aliphatic rings. The Kier molecular flexibility index (Phi) is 3.82. The number of hydrogen-bond donors (Lipinski definition) is 2. The van der Waals surface area contributed by atoms with Crippen molar-refractivity contribution in [3.8, 4) is 0 Å². The molecule has 0 spiro atoms. The van der Waals surface area contributed by atoms with Crippen LogP contribution in [0.2, 0.25) is 0 Å². The number of carbonyl (C=O) groups excluding carboxylic acids is 1. The summed E-state index contributed by atoms with van der Waals surface area (Å²) in [6.45, 7) is 2.74. The summed E-state index contributed by atoms with van der Waals surface area (Å²) in [7, 11) is 0. The molecule has 0 atom stereocenters. The van der Waals surface area contributed by atoms with E-state index in [0.29, 0.717) is 6.42 Å². The zero-order chi connectivity index (χ0) is 11.4. The van der Waals surface area contributed by atoms with Gasteiger partial charge in [-0.1, -0.05) is 12.8 Å². The Bertz CT molecular complexity index is 249. The van der Waals surface area contributed by atoms with Gasteiger partial charge in [-0.2, -0.15) is 0 Å². The van der Waals surface area contributed by atoms with Crippen LogP contribution in [0.15, 0.2) is 0 Å². The van der Waals surface area contributed by atoms with Crippen molar-refractivity contribution in [2.75, 3.05) is 26.2 Å². The number of nitrogens with zero attached hydrogens (tertiary/aromatic N) is 1. The lowest BCUT2D eigenvalue weighted by atomic mass is 9.99. The Morgan fingerprint density at radius 1 is 1.31 bits per heavy atom. The minimum atomic E-state index is -0.0528. The van der Waals surface area contributed by atoms with Crippen molar-refractivity contribution >= 4 is 5.91 Å². The van der Waals surface area contributed by atoms with E-state index < -0.39 is 0 Å². The molecule has 2 rings (SSSR count). The molecule has 0 unspecified atom stereocenters. The molecule has 1 aliphatic carbocycles. The molecule has 1 aliphatic heterocycles. The van der Waals surface area contributed by atoms with Gasteiger partial charge in [0.25, 0.3) is 0 Å². The largest absolute Gasteiger partial charge is 0.394 e. The van der Waals surface area contributed by atoms with Crippen LogP contribution in [0.3, 0.4) is 0 Å². The fourth-order valence-corrected chi connectivity index (χ4v) is 2.84. The van der Waals surface area contributed by atoms with E-state index in [9.17, 15) is 9.90 Å². The van der Waals surface area contributed by atoms with E-state index in [1.165, 1.54) is 12.8 Å². The maximum atomic E-state index is 11.4. The summed E-state index contributed by atoms with van der Waals surface area (Å²) in [5.41, 5.74) is -0.0528. The van der Waals surface area contributed by atoms with E-state index in [1.807, 2.05) is 4.90 Å². The molecule has 4 nitrogen and oxygen atoms in total. The number of nitrogens with one attached hydrogen (secondary N) is 1. The van der Waals surface area contributed by atoms with Crippen LogP contribution in [-0.4, -0.2) is 47.7 Å². The lowest BCUT2D eigenvalue weighted by Gasteiger charge is -2.29. The smallest absolute Gasteiger partial charge is 0.222 e. The molecule has 1 amide bonds. The maximum Gasteiger partial charge on any atom is 0.222 e. The van der Waals surface area contributed by atoms with E-state index in [0.717, 1.165) is 38.9 Å². The summed E-state index contributed by atoms with van der Waals surface area (Å²) in [6.07, 6.45) is 6.26. The van der Waals surface area contributed by atoms with Gasteiger partial charge < -0.3 is 15.3 Å².